The van der Waals surface area contributed by atoms with Gasteiger partial charge in [0.05, 0.1) is 4.88 Å². The fourth-order valence-electron chi connectivity index (χ4n) is 4.26. The van der Waals surface area contributed by atoms with E-state index in [2.05, 4.69) is 37.3 Å². The van der Waals surface area contributed by atoms with E-state index in [0.717, 1.165) is 42.3 Å². The van der Waals surface area contributed by atoms with Crippen LogP contribution in [0.5, 0.6) is 0 Å². The van der Waals surface area contributed by atoms with E-state index < -0.39 is 0 Å². The molecule has 3 heteroatoms. The molecule has 0 radical (unpaired) electrons. The highest BCUT2D eigenvalue weighted by atomic mass is 32.1. The Hall–Kier alpha value is -1.61. The van der Waals surface area contributed by atoms with E-state index >= 15 is 0 Å². The first kappa shape index (κ1) is 16.8. The molecule has 0 spiro atoms. The Morgan fingerprint density at radius 3 is 2.36 bits per heavy atom. The van der Waals surface area contributed by atoms with Crippen LogP contribution >= 0.6 is 11.3 Å². The number of hydrogen-bond donors (Lipinski definition) is 0. The van der Waals surface area contributed by atoms with Crippen LogP contribution in [0.15, 0.2) is 30.3 Å². The van der Waals surface area contributed by atoms with Gasteiger partial charge in [-0.25, -0.2) is 0 Å². The fraction of sp³-hybridized carbons (Fsp3) is 0.500. The Labute approximate surface area is 154 Å². The SMILES string of the molecule is Cc1cc(-c2ccc(C3CCCCC3)cc2)sc1C(=O)N1CCCC1. The molecule has 25 heavy (non-hydrogen) atoms. The first-order valence-electron chi connectivity index (χ1n) is 9.72. The average molecular weight is 354 g/mol. The molecule has 1 aliphatic carbocycles. The molecule has 0 N–H and O–H groups in total. The summed E-state index contributed by atoms with van der Waals surface area (Å²) >= 11 is 1.66. The van der Waals surface area contributed by atoms with E-state index in [-0.39, 0.29) is 5.91 Å². The summed E-state index contributed by atoms with van der Waals surface area (Å²) < 4.78 is 0. The van der Waals surface area contributed by atoms with Gasteiger partial charge in [-0.15, -0.1) is 11.3 Å². The molecule has 0 atom stereocenters. The minimum Gasteiger partial charge on any atom is -0.338 e. The van der Waals surface area contributed by atoms with Crippen molar-refractivity contribution in [1.29, 1.82) is 0 Å². The predicted molar refractivity (Wildman–Crippen MR) is 105 cm³/mol. The summed E-state index contributed by atoms with van der Waals surface area (Å²) in [5.74, 6) is 0.977. The molecular formula is C22H27NOS. The van der Waals surface area contributed by atoms with Crippen molar-refractivity contribution in [2.24, 2.45) is 0 Å². The summed E-state index contributed by atoms with van der Waals surface area (Å²) in [4.78, 5) is 16.9. The highest BCUT2D eigenvalue weighted by Gasteiger charge is 2.23. The van der Waals surface area contributed by atoms with Gasteiger partial charge in [0, 0.05) is 18.0 Å². The van der Waals surface area contributed by atoms with Crippen LogP contribution in [0.3, 0.4) is 0 Å². The van der Waals surface area contributed by atoms with Gasteiger partial charge in [0.25, 0.3) is 5.91 Å². The highest BCUT2D eigenvalue weighted by Crippen LogP contribution is 2.36. The molecule has 2 heterocycles. The number of carbonyl (C=O) groups excluding carboxylic acids is 1. The van der Waals surface area contributed by atoms with Crippen molar-refractivity contribution in [1.82, 2.24) is 4.90 Å². The quantitative estimate of drug-likeness (QED) is 0.662. The minimum absolute atomic E-state index is 0.227. The van der Waals surface area contributed by atoms with Crippen molar-refractivity contribution >= 4 is 17.2 Å². The molecule has 1 amide bonds. The monoisotopic (exact) mass is 353 g/mol. The van der Waals surface area contributed by atoms with Gasteiger partial charge in [0.2, 0.25) is 0 Å². The van der Waals surface area contributed by atoms with Gasteiger partial charge in [-0.2, -0.15) is 0 Å². The number of nitrogens with zero attached hydrogens (tertiary/aromatic N) is 1. The third-order valence-electron chi connectivity index (χ3n) is 5.78. The molecule has 1 saturated heterocycles. The second kappa shape index (κ2) is 7.33. The van der Waals surface area contributed by atoms with Crippen LogP contribution in [0.1, 0.15) is 71.7 Å². The summed E-state index contributed by atoms with van der Waals surface area (Å²) in [5, 5.41) is 0. The lowest BCUT2D eigenvalue weighted by Crippen LogP contribution is -2.27. The summed E-state index contributed by atoms with van der Waals surface area (Å²) in [7, 11) is 0. The van der Waals surface area contributed by atoms with E-state index in [1.54, 1.807) is 11.3 Å². The number of carbonyl (C=O) groups is 1. The van der Waals surface area contributed by atoms with Crippen LogP contribution < -0.4 is 0 Å². The molecule has 2 fully saturated rings. The van der Waals surface area contributed by atoms with Crippen molar-refractivity contribution in [3.63, 3.8) is 0 Å². The molecule has 1 saturated carbocycles. The lowest BCUT2D eigenvalue weighted by atomic mass is 9.84. The van der Waals surface area contributed by atoms with Crippen LogP contribution in [0, 0.1) is 6.92 Å². The minimum atomic E-state index is 0.227. The molecule has 2 nitrogen and oxygen atoms in total. The fourth-order valence-corrected chi connectivity index (χ4v) is 5.40. The molecule has 2 aliphatic rings. The van der Waals surface area contributed by atoms with Gasteiger partial charge < -0.3 is 4.90 Å². The van der Waals surface area contributed by atoms with Crippen LogP contribution in [-0.2, 0) is 0 Å². The molecule has 0 bridgehead atoms. The topological polar surface area (TPSA) is 20.3 Å². The van der Waals surface area contributed by atoms with E-state index in [9.17, 15) is 4.79 Å². The number of benzene rings is 1. The second-order valence-electron chi connectivity index (χ2n) is 7.58. The molecule has 132 valence electrons. The van der Waals surface area contributed by atoms with Gasteiger partial charge in [0.1, 0.15) is 0 Å². The van der Waals surface area contributed by atoms with Crippen molar-refractivity contribution in [2.75, 3.05) is 13.1 Å². The largest absolute Gasteiger partial charge is 0.338 e. The standard InChI is InChI=1S/C22H27NOS/c1-16-15-20(25-21(16)22(24)23-13-5-6-14-23)19-11-9-18(10-12-19)17-7-3-2-4-8-17/h9-12,15,17H,2-8,13-14H2,1H3. The molecule has 2 aromatic rings. The summed E-state index contributed by atoms with van der Waals surface area (Å²) in [6, 6.07) is 11.3. The number of thiophene rings is 1. The first-order valence-corrected chi connectivity index (χ1v) is 10.5. The van der Waals surface area contributed by atoms with Gasteiger partial charge in [-0.3, -0.25) is 4.79 Å². The van der Waals surface area contributed by atoms with Crippen molar-refractivity contribution in [3.8, 4) is 10.4 Å². The van der Waals surface area contributed by atoms with E-state index in [1.807, 2.05) is 4.90 Å². The molecular weight excluding hydrogens is 326 g/mol. The second-order valence-corrected chi connectivity index (χ2v) is 8.63. The predicted octanol–water partition coefficient (Wildman–Crippen LogP) is 6.01. The van der Waals surface area contributed by atoms with E-state index in [4.69, 9.17) is 0 Å². The Morgan fingerprint density at radius 2 is 1.68 bits per heavy atom. The summed E-state index contributed by atoms with van der Waals surface area (Å²) in [5.41, 5.74) is 3.85. The number of amides is 1. The zero-order valence-corrected chi connectivity index (χ0v) is 15.9. The lowest BCUT2D eigenvalue weighted by Gasteiger charge is -2.22. The Morgan fingerprint density at radius 1 is 1.00 bits per heavy atom. The van der Waals surface area contributed by atoms with Gasteiger partial charge in [0.15, 0.2) is 0 Å². The van der Waals surface area contributed by atoms with E-state index in [1.165, 1.54) is 48.1 Å². The zero-order chi connectivity index (χ0) is 17.2. The van der Waals surface area contributed by atoms with Crippen LogP contribution in [0.2, 0.25) is 0 Å². The van der Waals surface area contributed by atoms with Gasteiger partial charge in [-0.1, -0.05) is 43.5 Å². The van der Waals surface area contributed by atoms with Crippen LogP contribution in [-0.4, -0.2) is 23.9 Å². The third kappa shape index (κ3) is 3.52. The third-order valence-corrected chi connectivity index (χ3v) is 7.05. The zero-order valence-electron chi connectivity index (χ0n) is 15.1. The smallest absolute Gasteiger partial charge is 0.264 e. The average Bonchev–Trinajstić information content (AvgIpc) is 3.32. The Kier molecular flexibility index (Phi) is 4.93. The van der Waals surface area contributed by atoms with E-state index in [0.29, 0.717) is 0 Å². The molecule has 0 unspecified atom stereocenters. The van der Waals surface area contributed by atoms with Crippen molar-refractivity contribution in [3.05, 3.63) is 46.3 Å². The summed E-state index contributed by atoms with van der Waals surface area (Å²) in [6.45, 7) is 3.91. The Balaban J connectivity index is 1.53. The van der Waals surface area contributed by atoms with Gasteiger partial charge >= 0.3 is 0 Å². The number of rotatable bonds is 3. The maximum absolute atomic E-state index is 12.7. The highest BCUT2D eigenvalue weighted by molar-refractivity contribution is 7.17. The lowest BCUT2D eigenvalue weighted by molar-refractivity contribution is 0.0797. The normalized spacial score (nSPS) is 18.7. The van der Waals surface area contributed by atoms with Crippen LogP contribution in [0.4, 0.5) is 0 Å². The Bertz CT molecular complexity index is 734. The molecule has 1 aliphatic heterocycles. The number of hydrogen-bond acceptors (Lipinski definition) is 2. The van der Waals surface area contributed by atoms with Crippen molar-refractivity contribution < 1.29 is 4.79 Å². The summed E-state index contributed by atoms with van der Waals surface area (Å²) in [6.07, 6.45) is 9.11. The van der Waals surface area contributed by atoms with Crippen molar-refractivity contribution in [2.45, 2.75) is 57.8 Å². The number of likely N-dealkylation sites (tertiary alicyclic amines) is 1. The van der Waals surface area contributed by atoms with Gasteiger partial charge in [-0.05, 0) is 61.3 Å². The van der Waals surface area contributed by atoms with Crippen LogP contribution in [0.25, 0.3) is 10.4 Å². The first-order chi connectivity index (χ1) is 12.2. The molecule has 1 aromatic heterocycles. The molecule has 1 aromatic carbocycles. The maximum Gasteiger partial charge on any atom is 0.264 e. The molecule has 4 rings (SSSR count). The number of aryl methyl sites for hydroxylation is 1. The maximum atomic E-state index is 12.7.